The van der Waals surface area contributed by atoms with E-state index in [1.807, 2.05) is 13.8 Å². The maximum Gasteiger partial charge on any atom is 0.343 e. The van der Waals surface area contributed by atoms with Crippen molar-refractivity contribution in [3.05, 3.63) is 23.4 Å². The van der Waals surface area contributed by atoms with Crippen LogP contribution in [0.5, 0.6) is 0 Å². The second kappa shape index (κ2) is 4.28. The van der Waals surface area contributed by atoms with Gasteiger partial charge < -0.3 is 14.7 Å². The molecule has 14 heavy (non-hydrogen) atoms. The van der Waals surface area contributed by atoms with E-state index in [1.54, 1.807) is 24.0 Å². The Hall–Kier alpha value is -1.29. The van der Waals surface area contributed by atoms with E-state index in [1.165, 1.54) is 0 Å². The summed E-state index contributed by atoms with van der Waals surface area (Å²) in [6.45, 7) is 6.07. The van der Waals surface area contributed by atoms with Gasteiger partial charge in [-0.2, -0.15) is 0 Å². The third kappa shape index (κ3) is 1.65. The average Bonchev–Trinajstić information content (AvgIpc) is 2.16. The van der Waals surface area contributed by atoms with Gasteiger partial charge in [0, 0.05) is 6.54 Å². The third-order valence-corrected chi connectivity index (χ3v) is 2.19. The molecule has 0 radical (unpaired) electrons. The molecule has 1 aliphatic rings. The zero-order valence-electron chi connectivity index (χ0n) is 8.65. The highest BCUT2D eigenvalue weighted by atomic mass is 16.7. The van der Waals surface area contributed by atoms with Crippen molar-refractivity contribution in [2.75, 3.05) is 6.54 Å². The first-order valence-electron chi connectivity index (χ1n) is 4.64. The van der Waals surface area contributed by atoms with E-state index in [4.69, 9.17) is 4.74 Å². The first kappa shape index (κ1) is 10.8. The zero-order chi connectivity index (χ0) is 10.7. The number of aliphatic hydroxyl groups is 1. The lowest BCUT2D eigenvalue weighted by Crippen LogP contribution is -2.44. The highest BCUT2D eigenvalue weighted by Gasteiger charge is 2.32. The van der Waals surface area contributed by atoms with Gasteiger partial charge in [-0.15, -0.1) is 0 Å². The monoisotopic (exact) mass is 197 g/mol. The van der Waals surface area contributed by atoms with Crippen molar-refractivity contribution in [1.82, 2.24) is 4.90 Å². The lowest BCUT2D eigenvalue weighted by atomic mass is 10.1. The minimum Gasteiger partial charge on any atom is -0.413 e. The van der Waals surface area contributed by atoms with Gasteiger partial charge >= 0.3 is 5.97 Å². The van der Waals surface area contributed by atoms with Gasteiger partial charge in [0.1, 0.15) is 0 Å². The fourth-order valence-electron chi connectivity index (χ4n) is 1.51. The summed E-state index contributed by atoms with van der Waals surface area (Å²) in [5.41, 5.74) is 1.22. The van der Waals surface area contributed by atoms with Crippen LogP contribution in [0.4, 0.5) is 0 Å². The van der Waals surface area contributed by atoms with Crippen molar-refractivity contribution in [3.8, 4) is 0 Å². The van der Waals surface area contributed by atoms with Crippen LogP contribution < -0.4 is 0 Å². The van der Waals surface area contributed by atoms with Crippen LogP contribution in [0.25, 0.3) is 0 Å². The molecule has 4 heteroatoms. The topological polar surface area (TPSA) is 49.8 Å². The van der Waals surface area contributed by atoms with Crippen molar-refractivity contribution >= 4 is 5.97 Å². The summed E-state index contributed by atoms with van der Waals surface area (Å²) in [5.74, 6) is -0.474. The van der Waals surface area contributed by atoms with Gasteiger partial charge in [0.15, 0.2) is 0 Å². The summed E-state index contributed by atoms with van der Waals surface area (Å²) in [7, 11) is 0. The Bertz CT molecular complexity index is 294. The molecule has 1 heterocycles. The minimum absolute atomic E-state index is 0.474. The zero-order valence-corrected chi connectivity index (χ0v) is 8.65. The molecule has 1 rings (SSSR count). The van der Waals surface area contributed by atoms with E-state index in [0.29, 0.717) is 12.1 Å². The number of nitrogens with zero attached hydrogens (tertiary/aromatic N) is 1. The molecule has 1 atom stereocenters. The smallest absolute Gasteiger partial charge is 0.343 e. The highest BCUT2D eigenvalue weighted by Crippen LogP contribution is 2.24. The van der Waals surface area contributed by atoms with Crippen molar-refractivity contribution in [2.24, 2.45) is 0 Å². The Balaban J connectivity index is 3.07. The molecule has 0 aromatic rings. The van der Waals surface area contributed by atoms with E-state index < -0.39 is 12.4 Å². The second-order valence-corrected chi connectivity index (χ2v) is 2.89. The molecule has 78 valence electrons. The molecule has 0 aromatic carbocycles. The molecule has 0 saturated carbocycles. The Morgan fingerprint density at radius 2 is 2.14 bits per heavy atom. The molecular weight excluding hydrogens is 182 g/mol. The number of allylic oxidation sites excluding steroid dienone is 2. The summed E-state index contributed by atoms with van der Waals surface area (Å²) in [6.07, 6.45) is 2.32. The molecule has 0 bridgehead atoms. The highest BCUT2D eigenvalue weighted by molar-refractivity contribution is 5.94. The summed E-state index contributed by atoms with van der Waals surface area (Å²) >= 11 is 0. The van der Waals surface area contributed by atoms with Crippen LogP contribution in [0.3, 0.4) is 0 Å². The molecule has 1 fully saturated rings. The summed E-state index contributed by atoms with van der Waals surface area (Å²) in [4.78, 5) is 13.0. The maximum atomic E-state index is 11.3. The Kier molecular flexibility index (Phi) is 3.30. The van der Waals surface area contributed by atoms with Gasteiger partial charge in [0.2, 0.25) is 0 Å². The number of ether oxygens (including phenoxy) is 1. The first-order valence-corrected chi connectivity index (χ1v) is 4.64. The van der Waals surface area contributed by atoms with Gasteiger partial charge in [-0.1, -0.05) is 12.2 Å². The lowest BCUT2D eigenvalue weighted by Gasteiger charge is -2.35. The molecule has 1 saturated heterocycles. The molecule has 0 spiro atoms. The Morgan fingerprint density at radius 1 is 1.50 bits per heavy atom. The number of esters is 1. The maximum absolute atomic E-state index is 11.3. The number of likely N-dealkylation sites (N-methyl/N-ethyl adjacent to an activating group) is 1. The van der Waals surface area contributed by atoms with E-state index in [-0.39, 0.29) is 0 Å². The quantitative estimate of drug-likeness (QED) is 0.503. The van der Waals surface area contributed by atoms with Crippen LogP contribution in [0.1, 0.15) is 20.8 Å². The number of carbonyl (C=O) groups is 1. The summed E-state index contributed by atoms with van der Waals surface area (Å²) in [5, 5.41) is 9.47. The van der Waals surface area contributed by atoms with Crippen LogP contribution in [-0.2, 0) is 9.53 Å². The third-order valence-electron chi connectivity index (χ3n) is 2.19. The van der Waals surface area contributed by atoms with Crippen LogP contribution in [0.15, 0.2) is 23.4 Å². The predicted molar refractivity (Wildman–Crippen MR) is 52.0 cm³/mol. The SMILES string of the molecule is CC=C1C(=O)OC(O)N(CC)C1=CC. The normalized spacial score (nSPS) is 28.4. The van der Waals surface area contributed by atoms with Crippen LogP contribution in [-0.4, -0.2) is 28.9 Å². The Morgan fingerprint density at radius 3 is 2.57 bits per heavy atom. The average molecular weight is 197 g/mol. The molecule has 0 aliphatic carbocycles. The molecular formula is C10H15NO3. The second-order valence-electron chi connectivity index (χ2n) is 2.89. The van der Waals surface area contributed by atoms with Crippen molar-refractivity contribution in [3.63, 3.8) is 0 Å². The van der Waals surface area contributed by atoms with E-state index in [9.17, 15) is 9.90 Å². The fraction of sp³-hybridized carbons (Fsp3) is 0.500. The molecule has 1 aliphatic heterocycles. The van der Waals surface area contributed by atoms with Crippen molar-refractivity contribution in [2.45, 2.75) is 27.2 Å². The van der Waals surface area contributed by atoms with E-state index in [2.05, 4.69) is 0 Å². The van der Waals surface area contributed by atoms with Crippen molar-refractivity contribution in [1.29, 1.82) is 0 Å². The van der Waals surface area contributed by atoms with Crippen molar-refractivity contribution < 1.29 is 14.6 Å². The number of aliphatic hydroxyl groups excluding tert-OH is 1. The van der Waals surface area contributed by atoms with Crippen LogP contribution in [0.2, 0.25) is 0 Å². The number of cyclic esters (lactones) is 1. The van der Waals surface area contributed by atoms with E-state index in [0.717, 1.165) is 5.70 Å². The molecule has 1 N–H and O–H groups in total. The number of hydrogen-bond acceptors (Lipinski definition) is 4. The van der Waals surface area contributed by atoms with Gasteiger partial charge in [0.05, 0.1) is 11.3 Å². The first-order chi connectivity index (χ1) is 6.65. The van der Waals surface area contributed by atoms with Gasteiger partial charge in [0.25, 0.3) is 6.41 Å². The number of carbonyl (C=O) groups excluding carboxylic acids is 1. The summed E-state index contributed by atoms with van der Waals surface area (Å²) < 4.78 is 4.76. The summed E-state index contributed by atoms with van der Waals surface area (Å²) in [6, 6.07) is 0. The van der Waals surface area contributed by atoms with E-state index >= 15 is 0 Å². The van der Waals surface area contributed by atoms with Crippen LogP contribution >= 0.6 is 0 Å². The number of hydrogen-bond donors (Lipinski definition) is 1. The Labute approximate surface area is 83.5 Å². The molecule has 4 nitrogen and oxygen atoms in total. The molecule has 1 unspecified atom stereocenters. The molecule has 0 aromatic heterocycles. The van der Waals surface area contributed by atoms with Gasteiger partial charge in [-0.3, -0.25) is 0 Å². The van der Waals surface area contributed by atoms with Crippen LogP contribution in [0, 0.1) is 0 Å². The largest absolute Gasteiger partial charge is 0.413 e. The fourth-order valence-corrected chi connectivity index (χ4v) is 1.51. The standard InChI is InChI=1S/C10H15NO3/c1-4-7-8(5-2)11(6-3)10(13)14-9(7)12/h4-5,10,13H,6H2,1-3H3. The molecule has 0 amide bonds. The number of rotatable bonds is 1. The van der Waals surface area contributed by atoms with Gasteiger partial charge in [-0.25, -0.2) is 4.79 Å². The van der Waals surface area contributed by atoms with Gasteiger partial charge in [-0.05, 0) is 20.8 Å². The predicted octanol–water partition coefficient (Wildman–Crippen LogP) is 0.991. The minimum atomic E-state index is -1.16. The lowest BCUT2D eigenvalue weighted by molar-refractivity contribution is -0.199.